The van der Waals surface area contributed by atoms with Gasteiger partial charge in [0.25, 0.3) is 0 Å². The van der Waals surface area contributed by atoms with E-state index in [1.807, 2.05) is 0 Å². The molecule has 298 valence electrons. The van der Waals surface area contributed by atoms with Crippen LogP contribution in [-0.2, 0) is 0 Å². The van der Waals surface area contributed by atoms with Gasteiger partial charge in [0.15, 0.2) is 0 Å². The van der Waals surface area contributed by atoms with Gasteiger partial charge >= 0.3 is 0 Å². The maximum Gasteiger partial charge on any atom is 0.0737 e. The standard InChI is InChI=1S/C57H55N3/c1-30-21-34(5)50(35(6)22-30)54-42-13-14-43(29-42)55(51-36(7)23-31(2)24-37(51)8)45-16-18-47(59-45)57(53-40(11)27-33(4)28-41(53)12)49-20-19-48(60-49)56(46-17-15-44(54)58-46)52-38(9)25-32(3)26-39(52)10/h13-29,58-59H,1-12H3. The number of H-pyrrole nitrogens is 2. The first-order valence-corrected chi connectivity index (χ1v) is 21.3. The zero-order chi connectivity index (χ0) is 42.3. The van der Waals surface area contributed by atoms with E-state index in [-0.39, 0.29) is 0 Å². The molecule has 4 heterocycles. The van der Waals surface area contributed by atoms with Crippen molar-refractivity contribution in [1.82, 2.24) is 15.0 Å². The molecule has 4 aromatic carbocycles. The van der Waals surface area contributed by atoms with Gasteiger partial charge in [0.05, 0.1) is 11.4 Å². The number of benzene rings is 4. The highest BCUT2D eigenvalue weighted by Gasteiger charge is 2.23. The molecule has 0 saturated carbocycles. The van der Waals surface area contributed by atoms with E-state index >= 15 is 0 Å². The minimum absolute atomic E-state index is 0.949. The molecule has 9 rings (SSSR count). The van der Waals surface area contributed by atoms with Crippen molar-refractivity contribution in [2.45, 2.75) is 83.1 Å². The van der Waals surface area contributed by atoms with Crippen molar-refractivity contribution in [2.24, 2.45) is 0 Å². The van der Waals surface area contributed by atoms with Gasteiger partial charge < -0.3 is 9.97 Å². The van der Waals surface area contributed by atoms with E-state index in [0.29, 0.717) is 0 Å². The molecule has 1 aliphatic heterocycles. The number of hydrogen-bond acceptors (Lipinski definition) is 1. The van der Waals surface area contributed by atoms with Crippen LogP contribution in [0.4, 0.5) is 0 Å². The van der Waals surface area contributed by atoms with Crippen LogP contribution in [0.3, 0.4) is 0 Å². The molecule has 0 atom stereocenters. The van der Waals surface area contributed by atoms with Crippen LogP contribution < -0.4 is 0 Å². The van der Waals surface area contributed by atoms with E-state index in [1.54, 1.807) is 0 Å². The third kappa shape index (κ3) is 6.57. The SMILES string of the molecule is Cc1cc(C)c(-c2c3cc(c(-c4c(C)cc(C)cc4C)c4ccc([nH]4)c(-c4c(C)cc(C)cc4C)c4nc(c(-c5c(C)cc(C)cc5C)c5ccc2[nH]5)C=C4)C=C3)c(C)c1. The molecule has 1 aliphatic carbocycles. The second kappa shape index (κ2) is 14.7. The van der Waals surface area contributed by atoms with Gasteiger partial charge in [-0.3, -0.25) is 0 Å². The third-order valence-corrected chi connectivity index (χ3v) is 12.6. The molecular weight excluding hydrogens is 727 g/mol. The first-order valence-electron chi connectivity index (χ1n) is 21.3. The van der Waals surface area contributed by atoms with Gasteiger partial charge in [-0.25, -0.2) is 4.98 Å². The van der Waals surface area contributed by atoms with E-state index in [0.717, 1.165) is 44.6 Å². The Morgan fingerprint density at radius 2 is 0.533 bits per heavy atom. The summed E-state index contributed by atoms with van der Waals surface area (Å²) in [6.45, 7) is 26.7. The van der Waals surface area contributed by atoms with Crippen molar-refractivity contribution in [1.29, 1.82) is 0 Å². The van der Waals surface area contributed by atoms with Crippen LogP contribution >= 0.6 is 0 Å². The summed E-state index contributed by atoms with van der Waals surface area (Å²) in [5.74, 6) is 0. The first-order chi connectivity index (χ1) is 28.7. The lowest BCUT2D eigenvalue weighted by Crippen LogP contribution is -1.96. The number of fused-ring (bicyclic) bond motifs is 8. The first kappa shape index (κ1) is 39.0. The fourth-order valence-electron chi connectivity index (χ4n) is 10.7. The summed E-state index contributed by atoms with van der Waals surface area (Å²) < 4.78 is 0. The highest BCUT2D eigenvalue weighted by Crippen LogP contribution is 2.44. The van der Waals surface area contributed by atoms with Crippen molar-refractivity contribution in [3.05, 3.63) is 168 Å². The second-order valence-electron chi connectivity index (χ2n) is 17.8. The minimum Gasteiger partial charge on any atom is -0.354 e. The predicted octanol–water partition coefficient (Wildman–Crippen LogP) is 15.6. The minimum atomic E-state index is 0.949. The number of nitrogens with zero attached hydrogens (tertiary/aromatic N) is 1. The molecule has 0 amide bonds. The van der Waals surface area contributed by atoms with Crippen LogP contribution in [0, 0.1) is 83.1 Å². The van der Waals surface area contributed by atoms with Gasteiger partial charge in [0.1, 0.15) is 0 Å². The summed E-state index contributed by atoms with van der Waals surface area (Å²) in [4.78, 5) is 13.7. The highest BCUT2D eigenvalue weighted by molar-refractivity contribution is 6.03. The Labute approximate surface area is 355 Å². The molecule has 3 aromatic heterocycles. The monoisotopic (exact) mass is 781 g/mol. The van der Waals surface area contributed by atoms with E-state index in [2.05, 4.69) is 196 Å². The highest BCUT2D eigenvalue weighted by atomic mass is 14.8. The van der Waals surface area contributed by atoms with E-state index in [4.69, 9.17) is 4.98 Å². The Bertz CT molecular complexity index is 2700. The number of hydrogen-bond donors (Lipinski definition) is 2. The van der Waals surface area contributed by atoms with Crippen LogP contribution in [0.5, 0.6) is 0 Å². The van der Waals surface area contributed by atoms with Crippen LogP contribution in [0.15, 0.2) is 78.9 Å². The summed E-state index contributed by atoms with van der Waals surface area (Å²) >= 11 is 0. The Kier molecular flexibility index (Phi) is 9.55. The summed E-state index contributed by atoms with van der Waals surface area (Å²) in [6, 6.07) is 30.0. The molecule has 8 bridgehead atoms. The molecule has 0 spiro atoms. The van der Waals surface area contributed by atoms with Crippen molar-refractivity contribution in [3.63, 3.8) is 0 Å². The zero-order valence-corrected chi connectivity index (χ0v) is 37.3. The normalized spacial score (nSPS) is 12.2. The molecular formula is C57H55N3. The molecule has 0 fully saturated rings. The maximum atomic E-state index is 5.65. The molecule has 3 heteroatoms. The van der Waals surface area contributed by atoms with Gasteiger partial charge in [-0.2, -0.15) is 0 Å². The van der Waals surface area contributed by atoms with E-state index in [9.17, 15) is 0 Å². The lowest BCUT2D eigenvalue weighted by atomic mass is 9.90. The Morgan fingerprint density at radius 3 is 0.817 bits per heavy atom. The summed E-state index contributed by atoms with van der Waals surface area (Å²) in [6.07, 6.45) is 9.10. The average molecular weight is 782 g/mol. The fraction of sp³-hybridized carbons (Fsp3) is 0.211. The molecule has 0 saturated heterocycles. The molecule has 2 aliphatic rings. The topological polar surface area (TPSA) is 44.5 Å². The van der Waals surface area contributed by atoms with Gasteiger partial charge in [-0.15, -0.1) is 0 Å². The van der Waals surface area contributed by atoms with E-state index < -0.39 is 0 Å². The maximum absolute atomic E-state index is 5.65. The van der Waals surface area contributed by atoms with Crippen molar-refractivity contribution >= 4 is 46.4 Å². The van der Waals surface area contributed by atoms with Crippen molar-refractivity contribution in [2.75, 3.05) is 0 Å². The van der Waals surface area contributed by atoms with Gasteiger partial charge in [0.2, 0.25) is 0 Å². The smallest absolute Gasteiger partial charge is 0.0737 e. The summed E-state index contributed by atoms with van der Waals surface area (Å²) in [5.41, 5.74) is 33.2. The van der Waals surface area contributed by atoms with Crippen LogP contribution in [-0.4, -0.2) is 15.0 Å². The summed E-state index contributed by atoms with van der Waals surface area (Å²) in [7, 11) is 0. The molecule has 3 nitrogen and oxygen atoms in total. The Balaban J connectivity index is 1.54. The number of rotatable bonds is 4. The number of aryl methyl sites for hydroxylation is 12. The molecule has 2 N–H and O–H groups in total. The molecule has 60 heavy (non-hydrogen) atoms. The summed E-state index contributed by atoms with van der Waals surface area (Å²) in [5, 5.41) is 0. The average Bonchev–Trinajstić information content (AvgIpc) is 3.99. The van der Waals surface area contributed by atoms with Crippen LogP contribution in [0.25, 0.3) is 90.9 Å². The largest absolute Gasteiger partial charge is 0.354 e. The quantitative estimate of drug-likeness (QED) is 0.183. The predicted molar refractivity (Wildman–Crippen MR) is 260 cm³/mol. The van der Waals surface area contributed by atoms with Crippen molar-refractivity contribution in [3.8, 4) is 44.5 Å². The van der Waals surface area contributed by atoms with Crippen LogP contribution in [0.2, 0.25) is 0 Å². The van der Waals surface area contributed by atoms with E-state index in [1.165, 1.54) is 111 Å². The molecule has 0 radical (unpaired) electrons. The van der Waals surface area contributed by atoms with Crippen molar-refractivity contribution < 1.29 is 0 Å². The zero-order valence-electron chi connectivity index (χ0n) is 37.3. The van der Waals surface area contributed by atoms with Gasteiger partial charge in [0, 0.05) is 44.3 Å². The third-order valence-electron chi connectivity index (χ3n) is 12.6. The lowest BCUT2D eigenvalue weighted by molar-refractivity contribution is 1.27. The van der Waals surface area contributed by atoms with Gasteiger partial charge in [-0.1, -0.05) is 82.9 Å². The van der Waals surface area contributed by atoms with Gasteiger partial charge in [-0.05, 0) is 203 Å². The Hall–Kier alpha value is -6.45. The Morgan fingerprint density at radius 1 is 0.283 bits per heavy atom. The molecule has 7 aromatic rings. The number of aromatic amines is 2. The second-order valence-corrected chi connectivity index (χ2v) is 17.8. The fourth-order valence-corrected chi connectivity index (χ4v) is 10.7. The number of aromatic nitrogens is 3. The number of nitrogens with one attached hydrogen (secondary N) is 2. The molecule has 0 unspecified atom stereocenters. The lowest BCUT2D eigenvalue weighted by Gasteiger charge is -2.15. The van der Waals surface area contributed by atoms with Crippen LogP contribution in [0.1, 0.15) is 89.3 Å².